The summed E-state index contributed by atoms with van der Waals surface area (Å²) in [7, 11) is 0. The lowest BCUT2D eigenvalue weighted by Gasteiger charge is -2.09. The highest BCUT2D eigenvalue weighted by atomic mass is 35.5. The summed E-state index contributed by atoms with van der Waals surface area (Å²) in [6, 6.07) is 3.55. The zero-order valence-electron chi connectivity index (χ0n) is 8.33. The maximum Gasteiger partial charge on any atom is 0.422 e. The van der Waals surface area contributed by atoms with Crippen molar-refractivity contribution in [2.75, 3.05) is 6.61 Å². The van der Waals surface area contributed by atoms with Gasteiger partial charge in [-0.3, -0.25) is 10.1 Å². The van der Waals surface area contributed by atoms with Crippen LogP contribution < -0.4 is 4.74 Å². The van der Waals surface area contributed by atoms with Gasteiger partial charge >= 0.3 is 11.9 Å². The number of hydrogen-bond acceptors (Lipinski definition) is 3. The van der Waals surface area contributed by atoms with E-state index >= 15 is 0 Å². The van der Waals surface area contributed by atoms with E-state index in [9.17, 15) is 23.3 Å². The number of hydrogen-bond donors (Lipinski definition) is 0. The summed E-state index contributed by atoms with van der Waals surface area (Å²) in [6.07, 6.45) is -4.54. The van der Waals surface area contributed by atoms with Crippen LogP contribution in [-0.4, -0.2) is 17.7 Å². The van der Waals surface area contributed by atoms with Crippen molar-refractivity contribution in [3.63, 3.8) is 0 Å². The molecule has 0 radical (unpaired) electrons. The van der Waals surface area contributed by atoms with E-state index in [4.69, 9.17) is 11.6 Å². The molecule has 17 heavy (non-hydrogen) atoms. The fourth-order valence-electron chi connectivity index (χ4n) is 1.07. The lowest BCUT2D eigenvalue weighted by atomic mass is 10.2. The maximum absolute atomic E-state index is 11.9. The van der Waals surface area contributed by atoms with Crippen LogP contribution in [0.2, 0.25) is 0 Å². The van der Waals surface area contributed by atoms with Gasteiger partial charge in [-0.1, -0.05) is 6.07 Å². The van der Waals surface area contributed by atoms with Crippen molar-refractivity contribution in [2.45, 2.75) is 12.1 Å². The van der Waals surface area contributed by atoms with Gasteiger partial charge in [-0.05, 0) is 11.6 Å². The molecule has 0 fully saturated rings. The minimum absolute atomic E-state index is 0.0282. The Kier molecular flexibility index (Phi) is 4.17. The molecule has 0 atom stereocenters. The highest BCUT2D eigenvalue weighted by Crippen LogP contribution is 2.30. The Morgan fingerprint density at radius 2 is 2.06 bits per heavy atom. The average molecular weight is 270 g/mol. The fourth-order valence-corrected chi connectivity index (χ4v) is 1.24. The van der Waals surface area contributed by atoms with Crippen LogP contribution in [0, 0.1) is 10.1 Å². The number of alkyl halides is 4. The van der Waals surface area contributed by atoms with E-state index in [1.54, 1.807) is 0 Å². The number of nitro groups is 1. The Balaban J connectivity index is 2.95. The molecule has 1 aromatic carbocycles. The van der Waals surface area contributed by atoms with Crippen molar-refractivity contribution in [3.05, 3.63) is 33.9 Å². The molecule has 0 aromatic heterocycles. The largest absolute Gasteiger partial charge is 0.477 e. The molecule has 0 saturated carbocycles. The first-order valence-electron chi connectivity index (χ1n) is 4.36. The van der Waals surface area contributed by atoms with Crippen molar-refractivity contribution >= 4 is 17.3 Å². The van der Waals surface area contributed by atoms with Gasteiger partial charge in [-0.25, -0.2) is 0 Å². The summed E-state index contributed by atoms with van der Waals surface area (Å²) in [5.41, 5.74) is -0.106. The normalized spacial score (nSPS) is 11.3. The lowest BCUT2D eigenvalue weighted by molar-refractivity contribution is -0.386. The minimum atomic E-state index is -4.54. The minimum Gasteiger partial charge on any atom is -0.477 e. The number of nitrogens with zero attached hydrogens (tertiary/aromatic N) is 1. The van der Waals surface area contributed by atoms with Crippen LogP contribution in [0.4, 0.5) is 18.9 Å². The highest BCUT2D eigenvalue weighted by Gasteiger charge is 2.30. The monoisotopic (exact) mass is 269 g/mol. The lowest BCUT2D eigenvalue weighted by Crippen LogP contribution is -2.19. The van der Waals surface area contributed by atoms with Gasteiger partial charge < -0.3 is 4.74 Å². The van der Waals surface area contributed by atoms with Crippen LogP contribution in [0.3, 0.4) is 0 Å². The van der Waals surface area contributed by atoms with E-state index in [0.29, 0.717) is 5.56 Å². The second-order valence-electron chi connectivity index (χ2n) is 3.10. The van der Waals surface area contributed by atoms with E-state index in [-0.39, 0.29) is 5.88 Å². The quantitative estimate of drug-likeness (QED) is 0.479. The average Bonchev–Trinajstić information content (AvgIpc) is 2.25. The first-order valence-corrected chi connectivity index (χ1v) is 4.90. The van der Waals surface area contributed by atoms with E-state index in [2.05, 4.69) is 4.74 Å². The Morgan fingerprint density at radius 1 is 1.41 bits per heavy atom. The molecule has 0 aliphatic heterocycles. The SMILES string of the molecule is O=[N+]([O-])c1cc(CCl)ccc1OCC(F)(F)F. The smallest absolute Gasteiger partial charge is 0.422 e. The molecular weight excluding hydrogens is 263 g/mol. The van der Waals surface area contributed by atoms with Gasteiger partial charge in [0.25, 0.3) is 0 Å². The molecule has 1 aromatic rings. The van der Waals surface area contributed by atoms with Crippen LogP contribution in [0.25, 0.3) is 0 Å². The third kappa shape index (κ3) is 4.10. The number of ether oxygens (including phenoxy) is 1. The topological polar surface area (TPSA) is 52.4 Å². The van der Waals surface area contributed by atoms with Crippen molar-refractivity contribution in [1.29, 1.82) is 0 Å². The summed E-state index contributed by atoms with van der Waals surface area (Å²) in [5.74, 6) is -0.401. The van der Waals surface area contributed by atoms with E-state index in [1.807, 2.05) is 0 Å². The number of benzene rings is 1. The molecule has 8 heteroatoms. The Labute approximate surface area is 99.1 Å². The molecule has 0 heterocycles. The number of halogens is 4. The molecule has 0 bridgehead atoms. The molecule has 0 aliphatic rings. The molecule has 0 amide bonds. The molecule has 94 valence electrons. The van der Waals surface area contributed by atoms with Gasteiger partial charge in [-0.2, -0.15) is 13.2 Å². The number of nitro benzene ring substituents is 1. The molecule has 0 N–H and O–H groups in total. The predicted octanol–water partition coefficient (Wildman–Crippen LogP) is 3.27. The molecule has 0 aliphatic carbocycles. The molecule has 4 nitrogen and oxygen atoms in total. The Hall–Kier alpha value is -1.50. The summed E-state index contributed by atoms with van der Waals surface area (Å²) < 4.78 is 40.1. The van der Waals surface area contributed by atoms with Gasteiger partial charge in [0, 0.05) is 11.9 Å². The molecular formula is C9H7ClF3NO3. The second kappa shape index (κ2) is 5.22. The molecule has 0 unspecified atom stereocenters. The molecule has 0 saturated heterocycles. The summed E-state index contributed by atoms with van der Waals surface area (Å²) in [6.45, 7) is -1.58. The van der Waals surface area contributed by atoms with Crippen LogP contribution in [0.15, 0.2) is 18.2 Å². The van der Waals surface area contributed by atoms with Crippen molar-refractivity contribution < 1.29 is 22.8 Å². The Morgan fingerprint density at radius 3 is 2.53 bits per heavy atom. The maximum atomic E-state index is 11.9. The van der Waals surface area contributed by atoms with Crippen LogP contribution >= 0.6 is 11.6 Å². The molecule has 1 rings (SSSR count). The first kappa shape index (κ1) is 13.6. The van der Waals surface area contributed by atoms with Gasteiger partial charge in [0.1, 0.15) is 0 Å². The summed E-state index contributed by atoms with van der Waals surface area (Å²) >= 11 is 5.46. The number of rotatable bonds is 4. The fraction of sp³-hybridized carbons (Fsp3) is 0.333. The van der Waals surface area contributed by atoms with Gasteiger partial charge in [-0.15, -0.1) is 11.6 Å². The van der Waals surface area contributed by atoms with Crippen molar-refractivity contribution in [3.8, 4) is 5.75 Å². The second-order valence-corrected chi connectivity index (χ2v) is 3.36. The van der Waals surface area contributed by atoms with Crippen LogP contribution in [-0.2, 0) is 5.88 Å². The predicted molar refractivity (Wildman–Crippen MR) is 54.2 cm³/mol. The van der Waals surface area contributed by atoms with E-state index in [1.165, 1.54) is 6.07 Å². The Bertz CT molecular complexity index is 422. The van der Waals surface area contributed by atoms with Crippen LogP contribution in [0.5, 0.6) is 5.75 Å². The van der Waals surface area contributed by atoms with Crippen LogP contribution in [0.1, 0.15) is 5.56 Å². The standard InChI is InChI=1S/C9H7ClF3NO3/c10-4-6-1-2-8(7(3-6)14(15)16)17-5-9(11,12)13/h1-3H,4-5H2. The third-order valence-corrected chi connectivity index (χ3v) is 2.07. The summed E-state index contributed by atoms with van der Waals surface area (Å²) in [5, 5.41) is 10.6. The van der Waals surface area contributed by atoms with Gasteiger partial charge in [0.15, 0.2) is 12.4 Å². The summed E-state index contributed by atoms with van der Waals surface area (Å²) in [4.78, 5) is 9.80. The zero-order chi connectivity index (χ0) is 13.1. The van der Waals surface area contributed by atoms with Crippen molar-refractivity contribution in [1.82, 2.24) is 0 Å². The third-order valence-electron chi connectivity index (χ3n) is 1.77. The van der Waals surface area contributed by atoms with Gasteiger partial charge in [0.2, 0.25) is 0 Å². The molecule has 0 spiro atoms. The van der Waals surface area contributed by atoms with E-state index < -0.39 is 29.1 Å². The first-order chi connectivity index (χ1) is 7.83. The highest BCUT2D eigenvalue weighted by molar-refractivity contribution is 6.17. The van der Waals surface area contributed by atoms with Crippen molar-refractivity contribution in [2.24, 2.45) is 0 Å². The zero-order valence-corrected chi connectivity index (χ0v) is 9.09. The van der Waals surface area contributed by atoms with Gasteiger partial charge in [0.05, 0.1) is 4.92 Å². The van der Waals surface area contributed by atoms with E-state index in [0.717, 1.165) is 12.1 Å².